The van der Waals surface area contributed by atoms with Crippen molar-refractivity contribution >= 4 is 11.6 Å². The van der Waals surface area contributed by atoms with E-state index in [4.69, 9.17) is 0 Å². The Bertz CT molecular complexity index is 571. The van der Waals surface area contributed by atoms with Gasteiger partial charge in [-0.05, 0) is 19.1 Å². The van der Waals surface area contributed by atoms with Crippen molar-refractivity contribution in [1.82, 2.24) is 25.9 Å². The summed E-state index contributed by atoms with van der Waals surface area (Å²) < 4.78 is 13.5. The average molecular weight is 264 g/mol. The Balaban J connectivity index is 2.19. The monoisotopic (exact) mass is 264 g/mol. The first-order chi connectivity index (χ1) is 9.13. The SMILES string of the molecule is CNc1c(F)cccc1C(=O)NC(C)c1nn[nH]n1. The van der Waals surface area contributed by atoms with Crippen LogP contribution in [0.2, 0.25) is 0 Å². The number of carbonyl (C=O) groups is 1. The van der Waals surface area contributed by atoms with Crippen LogP contribution in [0, 0.1) is 5.82 Å². The number of rotatable bonds is 4. The van der Waals surface area contributed by atoms with Crippen LogP contribution >= 0.6 is 0 Å². The number of aromatic nitrogens is 4. The quantitative estimate of drug-likeness (QED) is 0.761. The molecule has 7 nitrogen and oxygen atoms in total. The molecule has 0 fully saturated rings. The smallest absolute Gasteiger partial charge is 0.254 e. The molecule has 0 bridgehead atoms. The van der Waals surface area contributed by atoms with E-state index in [0.717, 1.165) is 0 Å². The molecule has 1 aromatic heterocycles. The van der Waals surface area contributed by atoms with E-state index in [-0.39, 0.29) is 11.3 Å². The molecular weight excluding hydrogens is 251 g/mol. The number of para-hydroxylation sites is 1. The number of anilines is 1. The van der Waals surface area contributed by atoms with Crippen molar-refractivity contribution in [2.45, 2.75) is 13.0 Å². The Hall–Kier alpha value is -2.51. The highest BCUT2D eigenvalue weighted by molar-refractivity contribution is 5.99. The molecule has 0 spiro atoms. The first-order valence-corrected chi connectivity index (χ1v) is 5.64. The number of hydrogen-bond acceptors (Lipinski definition) is 5. The Morgan fingerprint density at radius 1 is 1.47 bits per heavy atom. The molecule has 0 aliphatic heterocycles. The Labute approximate surface area is 108 Å². The lowest BCUT2D eigenvalue weighted by atomic mass is 10.1. The third-order valence-corrected chi connectivity index (χ3v) is 2.60. The van der Waals surface area contributed by atoms with E-state index < -0.39 is 17.8 Å². The van der Waals surface area contributed by atoms with Gasteiger partial charge in [0.05, 0.1) is 17.3 Å². The van der Waals surface area contributed by atoms with Crippen molar-refractivity contribution < 1.29 is 9.18 Å². The fraction of sp³-hybridized carbons (Fsp3) is 0.273. The maximum absolute atomic E-state index is 13.5. The van der Waals surface area contributed by atoms with Crippen molar-refractivity contribution in [1.29, 1.82) is 0 Å². The predicted molar refractivity (Wildman–Crippen MR) is 66.0 cm³/mol. The number of hydrogen-bond donors (Lipinski definition) is 3. The average Bonchev–Trinajstić information content (AvgIpc) is 2.92. The van der Waals surface area contributed by atoms with Gasteiger partial charge in [0, 0.05) is 7.05 Å². The molecule has 0 saturated carbocycles. The van der Waals surface area contributed by atoms with Gasteiger partial charge in [-0.1, -0.05) is 11.3 Å². The van der Waals surface area contributed by atoms with Gasteiger partial charge in [-0.2, -0.15) is 5.21 Å². The van der Waals surface area contributed by atoms with E-state index in [2.05, 4.69) is 31.3 Å². The van der Waals surface area contributed by atoms with E-state index >= 15 is 0 Å². The van der Waals surface area contributed by atoms with E-state index in [1.807, 2.05) is 0 Å². The highest BCUT2D eigenvalue weighted by Crippen LogP contribution is 2.19. The number of benzene rings is 1. The number of nitrogens with zero attached hydrogens (tertiary/aromatic N) is 3. The van der Waals surface area contributed by atoms with Crippen LogP contribution in [0.5, 0.6) is 0 Å². The maximum Gasteiger partial charge on any atom is 0.254 e. The Kier molecular flexibility index (Phi) is 3.69. The summed E-state index contributed by atoms with van der Waals surface area (Å²) >= 11 is 0. The second kappa shape index (κ2) is 5.42. The van der Waals surface area contributed by atoms with E-state index in [9.17, 15) is 9.18 Å². The van der Waals surface area contributed by atoms with Crippen LogP contribution in [-0.2, 0) is 0 Å². The van der Waals surface area contributed by atoms with Crippen LogP contribution in [0.4, 0.5) is 10.1 Å². The van der Waals surface area contributed by atoms with Gasteiger partial charge >= 0.3 is 0 Å². The number of aromatic amines is 1. The van der Waals surface area contributed by atoms with Crippen LogP contribution < -0.4 is 10.6 Å². The molecule has 0 saturated heterocycles. The molecule has 1 amide bonds. The molecule has 19 heavy (non-hydrogen) atoms. The van der Waals surface area contributed by atoms with Crippen LogP contribution in [0.3, 0.4) is 0 Å². The molecule has 2 aromatic rings. The molecule has 1 heterocycles. The molecule has 3 N–H and O–H groups in total. The molecule has 1 unspecified atom stereocenters. The molecule has 8 heteroatoms. The summed E-state index contributed by atoms with van der Waals surface area (Å²) in [6.07, 6.45) is 0. The number of halogens is 1. The molecule has 0 aliphatic rings. The van der Waals surface area contributed by atoms with Crippen molar-refractivity contribution in [3.05, 3.63) is 35.4 Å². The van der Waals surface area contributed by atoms with Crippen molar-refractivity contribution in [2.75, 3.05) is 12.4 Å². The van der Waals surface area contributed by atoms with Gasteiger partial charge in [0.2, 0.25) is 0 Å². The van der Waals surface area contributed by atoms with Crippen molar-refractivity contribution in [2.24, 2.45) is 0 Å². The largest absolute Gasteiger partial charge is 0.385 e. The molecule has 1 atom stereocenters. The minimum atomic E-state index is -0.484. The van der Waals surface area contributed by atoms with Gasteiger partial charge in [-0.25, -0.2) is 4.39 Å². The number of amides is 1. The van der Waals surface area contributed by atoms with Crippen LogP contribution in [-0.4, -0.2) is 33.6 Å². The van der Waals surface area contributed by atoms with E-state index in [1.165, 1.54) is 18.2 Å². The standard InChI is InChI=1S/C11H13FN6O/c1-6(10-15-17-18-16-10)14-11(19)7-4-3-5-8(12)9(7)13-2/h3-6,13H,1-2H3,(H,14,19)(H,15,16,17,18). The molecule has 0 aliphatic carbocycles. The summed E-state index contributed by atoms with van der Waals surface area (Å²) in [7, 11) is 1.55. The van der Waals surface area contributed by atoms with Crippen molar-refractivity contribution in [3.8, 4) is 0 Å². The fourth-order valence-corrected chi connectivity index (χ4v) is 1.66. The summed E-state index contributed by atoms with van der Waals surface area (Å²) in [5, 5.41) is 18.6. The minimum absolute atomic E-state index is 0.153. The molecular formula is C11H13FN6O. The molecule has 0 radical (unpaired) electrons. The van der Waals surface area contributed by atoms with Crippen molar-refractivity contribution in [3.63, 3.8) is 0 Å². The topological polar surface area (TPSA) is 95.6 Å². The molecule has 100 valence electrons. The first-order valence-electron chi connectivity index (χ1n) is 5.64. The third kappa shape index (κ3) is 2.67. The lowest BCUT2D eigenvalue weighted by Crippen LogP contribution is -2.28. The zero-order valence-electron chi connectivity index (χ0n) is 10.4. The summed E-state index contributed by atoms with van der Waals surface area (Å²) in [6.45, 7) is 1.71. The number of nitrogens with one attached hydrogen (secondary N) is 3. The zero-order valence-corrected chi connectivity index (χ0v) is 10.4. The highest BCUT2D eigenvalue weighted by Gasteiger charge is 2.18. The zero-order chi connectivity index (χ0) is 13.8. The lowest BCUT2D eigenvalue weighted by molar-refractivity contribution is 0.0938. The maximum atomic E-state index is 13.5. The first kappa shape index (κ1) is 12.9. The Morgan fingerprint density at radius 2 is 2.26 bits per heavy atom. The highest BCUT2D eigenvalue weighted by atomic mass is 19.1. The number of carbonyl (C=O) groups excluding carboxylic acids is 1. The Morgan fingerprint density at radius 3 is 2.89 bits per heavy atom. The summed E-state index contributed by atoms with van der Waals surface area (Å²) in [6, 6.07) is 3.86. The molecule has 2 rings (SSSR count). The second-order valence-electron chi connectivity index (χ2n) is 3.88. The van der Waals surface area contributed by atoms with Gasteiger partial charge in [0.15, 0.2) is 5.82 Å². The van der Waals surface area contributed by atoms with Gasteiger partial charge in [0.1, 0.15) is 5.82 Å². The summed E-state index contributed by atoms with van der Waals surface area (Å²) in [5.74, 6) is -0.542. The van der Waals surface area contributed by atoms with Gasteiger partial charge in [0.25, 0.3) is 5.91 Å². The minimum Gasteiger partial charge on any atom is -0.385 e. The predicted octanol–water partition coefficient (Wildman–Crippen LogP) is 0.871. The van der Waals surface area contributed by atoms with E-state index in [0.29, 0.717) is 5.82 Å². The van der Waals surface area contributed by atoms with Crippen LogP contribution in [0.25, 0.3) is 0 Å². The molecule has 1 aromatic carbocycles. The van der Waals surface area contributed by atoms with E-state index in [1.54, 1.807) is 14.0 Å². The number of H-pyrrole nitrogens is 1. The third-order valence-electron chi connectivity index (χ3n) is 2.60. The lowest BCUT2D eigenvalue weighted by Gasteiger charge is -2.13. The van der Waals surface area contributed by atoms with Gasteiger partial charge in [-0.3, -0.25) is 4.79 Å². The number of tetrazole rings is 1. The normalized spacial score (nSPS) is 11.9. The fourth-order valence-electron chi connectivity index (χ4n) is 1.66. The van der Waals surface area contributed by atoms with Gasteiger partial charge in [-0.15, -0.1) is 10.2 Å². The van der Waals surface area contributed by atoms with Crippen LogP contribution in [0.1, 0.15) is 29.1 Å². The summed E-state index contributed by atoms with van der Waals surface area (Å²) in [5.41, 5.74) is 0.373. The second-order valence-corrected chi connectivity index (χ2v) is 3.88. The van der Waals surface area contributed by atoms with Crippen LogP contribution in [0.15, 0.2) is 18.2 Å². The summed E-state index contributed by atoms with van der Waals surface area (Å²) in [4.78, 5) is 12.1. The van der Waals surface area contributed by atoms with Gasteiger partial charge < -0.3 is 10.6 Å².